The van der Waals surface area contributed by atoms with Crippen LogP contribution in [0.2, 0.25) is 0 Å². The number of methoxy groups -OCH3 is 2. The molecule has 160 valence electrons. The highest BCUT2D eigenvalue weighted by molar-refractivity contribution is 6.43. The van der Waals surface area contributed by atoms with Gasteiger partial charge in [0.15, 0.2) is 12.4 Å². The fourth-order valence-electron chi connectivity index (χ4n) is 3.29. The zero-order valence-electron chi connectivity index (χ0n) is 17.6. The fourth-order valence-corrected chi connectivity index (χ4v) is 3.29. The summed E-state index contributed by atoms with van der Waals surface area (Å²) in [5, 5.41) is 0. The molecular formula is C23H21NO7. The Hall–Kier alpha value is -3.94. The normalized spacial score (nSPS) is 14.1. The first-order valence-corrected chi connectivity index (χ1v) is 9.37. The largest absolute Gasteiger partial charge is 0.495 e. The lowest BCUT2D eigenvalue weighted by atomic mass is 9.99. The van der Waals surface area contributed by atoms with E-state index < -0.39 is 17.8 Å². The maximum atomic E-state index is 13.1. The number of carbonyl (C=O) groups excluding carboxylic acids is 4. The Morgan fingerprint density at radius 1 is 0.903 bits per heavy atom. The quantitative estimate of drug-likeness (QED) is 0.305. The van der Waals surface area contributed by atoms with E-state index in [1.165, 1.54) is 28.1 Å². The molecule has 0 unspecified atom stereocenters. The summed E-state index contributed by atoms with van der Waals surface area (Å²) in [6, 6.07) is 11.3. The van der Waals surface area contributed by atoms with Gasteiger partial charge in [0.1, 0.15) is 11.5 Å². The number of Topliss-reactive ketones (excluding diaryl/α,β-unsaturated/α-hetero) is 1. The van der Waals surface area contributed by atoms with Gasteiger partial charge in [0, 0.05) is 23.6 Å². The number of rotatable bonds is 6. The minimum atomic E-state index is -0.536. The molecule has 0 atom stereocenters. The van der Waals surface area contributed by atoms with Gasteiger partial charge in [-0.2, -0.15) is 0 Å². The second-order valence-electron chi connectivity index (χ2n) is 6.75. The van der Waals surface area contributed by atoms with Gasteiger partial charge in [-0.05, 0) is 49.4 Å². The summed E-state index contributed by atoms with van der Waals surface area (Å²) < 4.78 is 15.4. The number of hydrogen-bond donors (Lipinski definition) is 0. The van der Waals surface area contributed by atoms with Gasteiger partial charge in [0.2, 0.25) is 5.91 Å². The second kappa shape index (κ2) is 8.83. The van der Waals surface area contributed by atoms with Crippen LogP contribution in [0.15, 0.2) is 42.5 Å². The Bertz CT molecular complexity index is 1100. The first-order chi connectivity index (χ1) is 14.8. The first kappa shape index (κ1) is 21.8. The molecule has 31 heavy (non-hydrogen) atoms. The van der Waals surface area contributed by atoms with Crippen LogP contribution in [0.3, 0.4) is 0 Å². The Labute approximate surface area is 179 Å². The van der Waals surface area contributed by atoms with E-state index in [0.717, 1.165) is 4.90 Å². The van der Waals surface area contributed by atoms with Gasteiger partial charge in [0.05, 0.1) is 25.5 Å². The van der Waals surface area contributed by atoms with Crippen LogP contribution in [0, 0.1) is 0 Å². The number of anilines is 1. The Morgan fingerprint density at radius 2 is 1.55 bits per heavy atom. The summed E-state index contributed by atoms with van der Waals surface area (Å²) in [4.78, 5) is 49.4. The first-order valence-electron chi connectivity index (χ1n) is 9.37. The number of hydrogen-bond acceptors (Lipinski definition) is 7. The molecule has 0 saturated carbocycles. The van der Waals surface area contributed by atoms with Gasteiger partial charge in [-0.25, -0.2) is 9.69 Å². The van der Waals surface area contributed by atoms with Crippen LogP contribution in [0.1, 0.15) is 35.3 Å². The van der Waals surface area contributed by atoms with Crippen molar-refractivity contribution in [3.05, 3.63) is 59.2 Å². The van der Waals surface area contributed by atoms with Crippen LogP contribution in [-0.2, 0) is 23.9 Å². The average Bonchev–Trinajstić information content (AvgIpc) is 3.04. The van der Waals surface area contributed by atoms with E-state index in [-0.39, 0.29) is 23.7 Å². The molecule has 0 aliphatic carbocycles. The van der Waals surface area contributed by atoms with Crippen molar-refractivity contribution in [2.75, 3.05) is 25.7 Å². The summed E-state index contributed by atoms with van der Waals surface area (Å²) >= 11 is 0. The van der Waals surface area contributed by atoms with Crippen LogP contribution < -0.4 is 9.64 Å². The van der Waals surface area contributed by atoms with Gasteiger partial charge in [-0.1, -0.05) is 0 Å². The van der Waals surface area contributed by atoms with Gasteiger partial charge < -0.3 is 14.2 Å². The van der Waals surface area contributed by atoms with Crippen LogP contribution in [0.25, 0.3) is 11.3 Å². The Balaban J connectivity index is 2.09. The van der Waals surface area contributed by atoms with E-state index in [0.29, 0.717) is 28.1 Å². The summed E-state index contributed by atoms with van der Waals surface area (Å²) in [7, 11) is 2.69. The number of ether oxygens (including phenoxy) is 3. The van der Waals surface area contributed by atoms with Crippen molar-refractivity contribution in [1.29, 1.82) is 0 Å². The molecule has 0 N–H and O–H groups in total. The number of imide groups is 1. The molecule has 0 fully saturated rings. The molecule has 8 nitrogen and oxygen atoms in total. The third-order valence-electron chi connectivity index (χ3n) is 4.78. The number of carbonyl (C=O) groups is 4. The number of amides is 2. The molecule has 2 amide bonds. The Morgan fingerprint density at radius 3 is 2.10 bits per heavy atom. The van der Waals surface area contributed by atoms with E-state index in [1.807, 2.05) is 0 Å². The lowest BCUT2D eigenvalue weighted by Crippen LogP contribution is -2.31. The van der Waals surface area contributed by atoms with Crippen LogP contribution >= 0.6 is 0 Å². The molecule has 0 spiro atoms. The van der Waals surface area contributed by atoms with E-state index in [1.54, 1.807) is 42.5 Å². The molecule has 0 radical (unpaired) electrons. The minimum absolute atomic E-state index is 0.165. The van der Waals surface area contributed by atoms with Gasteiger partial charge >= 0.3 is 5.97 Å². The summed E-state index contributed by atoms with van der Waals surface area (Å²) in [6.45, 7) is 2.49. The van der Waals surface area contributed by atoms with Crippen molar-refractivity contribution in [3.63, 3.8) is 0 Å². The summed E-state index contributed by atoms with van der Waals surface area (Å²) in [6.07, 6.45) is 0. The number of ketones is 1. The predicted molar refractivity (Wildman–Crippen MR) is 112 cm³/mol. The van der Waals surface area contributed by atoms with Crippen LogP contribution in [0.4, 0.5) is 5.69 Å². The molecule has 0 aromatic heterocycles. The SMILES string of the molecule is COC(=O)COc1ccc(/C(OC)=C2/C(=O)N(C(C)=O)c3ccc(C(C)=O)cc32)cc1. The highest BCUT2D eigenvalue weighted by Crippen LogP contribution is 2.42. The molecule has 2 aromatic carbocycles. The Kier molecular flexibility index (Phi) is 6.20. The van der Waals surface area contributed by atoms with E-state index in [2.05, 4.69) is 4.74 Å². The highest BCUT2D eigenvalue weighted by Gasteiger charge is 2.38. The highest BCUT2D eigenvalue weighted by atomic mass is 16.6. The molecule has 1 aliphatic heterocycles. The molecular weight excluding hydrogens is 402 g/mol. The molecule has 2 aromatic rings. The zero-order valence-corrected chi connectivity index (χ0v) is 17.6. The fraction of sp³-hybridized carbons (Fsp3) is 0.217. The maximum Gasteiger partial charge on any atom is 0.343 e. The minimum Gasteiger partial charge on any atom is -0.495 e. The van der Waals surface area contributed by atoms with Crippen molar-refractivity contribution in [2.45, 2.75) is 13.8 Å². The summed E-state index contributed by atoms with van der Waals surface area (Å²) in [5.41, 5.74) is 1.98. The maximum absolute atomic E-state index is 13.1. The van der Waals surface area contributed by atoms with Gasteiger partial charge in [-0.15, -0.1) is 0 Å². The molecule has 0 bridgehead atoms. The number of nitrogens with zero attached hydrogens (tertiary/aromatic N) is 1. The van der Waals surface area contributed by atoms with Gasteiger partial charge in [0.25, 0.3) is 5.91 Å². The lowest BCUT2D eigenvalue weighted by Gasteiger charge is -2.13. The average molecular weight is 423 g/mol. The molecule has 0 saturated heterocycles. The lowest BCUT2D eigenvalue weighted by molar-refractivity contribution is -0.143. The zero-order chi connectivity index (χ0) is 22.7. The van der Waals surface area contributed by atoms with Crippen LogP contribution in [0.5, 0.6) is 5.75 Å². The monoisotopic (exact) mass is 423 g/mol. The molecule has 1 heterocycles. The van der Waals surface area contributed by atoms with E-state index in [4.69, 9.17) is 9.47 Å². The van der Waals surface area contributed by atoms with E-state index >= 15 is 0 Å². The summed E-state index contributed by atoms with van der Waals surface area (Å²) in [5.74, 6) is -0.985. The molecule has 8 heteroatoms. The van der Waals surface area contributed by atoms with Crippen molar-refractivity contribution in [2.24, 2.45) is 0 Å². The number of esters is 1. The van der Waals surface area contributed by atoms with Crippen LogP contribution in [-0.4, -0.2) is 44.4 Å². The third kappa shape index (κ3) is 4.18. The van der Waals surface area contributed by atoms with E-state index in [9.17, 15) is 19.2 Å². The second-order valence-corrected chi connectivity index (χ2v) is 6.75. The smallest absolute Gasteiger partial charge is 0.343 e. The van der Waals surface area contributed by atoms with Crippen molar-refractivity contribution in [1.82, 2.24) is 0 Å². The topological polar surface area (TPSA) is 99.2 Å². The number of fused-ring (bicyclic) bond motifs is 1. The molecule has 1 aliphatic rings. The van der Waals surface area contributed by atoms with Crippen molar-refractivity contribution < 1.29 is 33.4 Å². The van der Waals surface area contributed by atoms with Crippen molar-refractivity contribution in [3.8, 4) is 5.75 Å². The molecule has 3 rings (SSSR count). The van der Waals surface area contributed by atoms with Gasteiger partial charge in [-0.3, -0.25) is 14.4 Å². The number of benzene rings is 2. The van der Waals surface area contributed by atoms with Crippen molar-refractivity contribution >= 4 is 40.6 Å². The standard InChI is InChI=1S/C23H21NO7/c1-13(25)16-7-10-19-18(11-16)21(23(28)24(19)14(2)26)22(30-4)15-5-8-17(9-6-15)31-12-20(27)29-3/h5-11H,12H2,1-4H3/b22-21-. The predicted octanol–water partition coefficient (Wildman–Crippen LogP) is 2.85. The third-order valence-corrected chi connectivity index (χ3v) is 4.78.